The average Bonchev–Trinajstić information content (AvgIpc) is 3.31. The summed E-state index contributed by atoms with van der Waals surface area (Å²) in [5, 5.41) is 12.9. The lowest BCUT2D eigenvalue weighted by Crippen LogP contribution is -3.00. The third-order valence-corrected chi connectivity index (χ3v) is 13.0. The Kier molecular flexibility index (Phi) is 51.9. The van der Waals surface area contributed by atoms with Crippen molar-refractivity contribution in [3.8, 4) is 0 Å². The second kappa shape index (κ2) is 45.3. The molecule has 0 heterocycles. The van der Waals surface area contributed by atoms with Gasteiger partial charge in [-0.05, 0) is 89.7 Å². The van der Waals surface area contributed by atoms with Crippen molar-refractivity contribution in [3.63, 3.8) is 0 Å². The predicted molar refractivity (Wildman–Crippen MR) is 302 cm³/mol. The topological polar surface area (TPSA) is 94.8 Å². The van der Waals surface area contributed by atoms with Crippen LogP contribution in [0.2, 0.25) is 0 Å². The Morgan fingerprint density at radius 1 is 0.463 bits per heavy atom. The second-order valence-corrected chi connectivity index (χ2v) is 18.2. The first-order valence-corrected chi connectivity index (χ1v) is 24.1. The maximum atomic E-state index is 10.6. The number of rotatable bonds is 11. The Morgan fingerprint density at radius 3 is 0.866 bits per heavy atom. The molecule has 0 saturated carbocycles. The van der Waals surface area contributed by atoms with Crippen molar-refractivity contribution < 1.29 is 36.7 Å². The van der Waals surface area contributed by atoms with E-state index in [4.69, 9.17) is 14.9 Å². The van der Waals surface area contributed by atoms with E-state index in [0.29, 0.717) is 23.3 Å². The highest BCUT2D eigenvalue weighted by molar-refractivity contribution is 7.79. The van der Waals surface area contributed by atoms with E-state index in [1.807, 2.05) is 12.1 Å². The molecule has 0 spiro atoms. The Labute approximate surface area is 420 Å². The van der Waals surface area contributed by atoms with Gasteiger partial charge in [0.25, 0.3) is 0 Å². The van der Waals surface area contributed by atoms with Gasteiger partial charge in [-0.25, -0.2) is 4.79 Å². The van der Waals surface area contributed by atoms with Crippen molar-refractivity contribution in [1.82, 2.24) is 0 Å². The minimum absolute atomic E-state index is 0. The fraction of sp³-hybridized carbons (Fsp3) is 0.356. The van der Waals surface area contributed by atoms with Crippen LogP contribution in [0.4, 0.5) is 0 Å². The van der Waals surface area contributed by atoms with E-state index < -0.39 is 21.5 Å². The van der Waals surface area contributed by atoms with Gasteiger partial charge >= 0.3 is 13.6 Å². The van der Waals surface area contributed by atoms with Crippen LogP contribution in [0.15, 0.2) is 176 Å². The highest BCUT2D eigenvalue weighted by Crippen LogP contribution is 2.33. The third-order valence-electron chi connectivity index (χ3n) is 9.76. The van der Waals surface area contributed by atoms with E-state index in [1.54, 1.807) is 19.1 Å². The summed E-state index contributed by atoms with van der Waals surface area (Å²) in [6.07, 6.45) is 3.47. The summed E-state index contributed by atoms with van der Waals surface area (Å²) in [6.45, 7) is 19.7. The maximum Gasteiger partial charge on any atom is 0.335 e. The van der Waals surface area contributed by atoms with Crippen molar-refractivity contribution in [2.75, 3.05) is 6.16 Å². The van der Waals surface area contributed by atoms with E-state index in [-0.39, 0.29) is 63.1 Å². The van der Waals surface area contributed by atoms with Gasteiger partial charge in [0.05, 0.1) is 19.4 Å². The minimum Gasteiger partial charge on any atom is -1.00 e. The Bertz CT molecular complexity index is 1840. The van der Waals surface area contributed by atoms with Crippen molar-refractivity contribution in [3.05, 3.63) is 205 Å². The molecule has 0 fully saturated rings. The normalized spacial score (nSPS) is 10.4. The van der Waals surface area contributed by atoms with Crippen LogP contribution in [-0.4, -0.2) is 27.0 Å². The maximum absolute atomic E-state index is 10.6. The molecule has 3 atom stereocenters. The van der Waals surface area contributed by atoms with E-state index in [2.05, 4.69) is 200 Å². The van der Waals surface area contributed by atoms with Crippen LogP contribution in [0.5, 0.6) is 0 Å². The number of hydrogen-bond donors (Lipinski definition) is 3. The number of carbonyl (C=O) groups is 1. The Balaban J connectivity index is -0.000000135. The molecule has 0 saturated heterocycles. The van der Waals surface area contributed by atoms with Crippen LogP contribution in [0.3, 0.4) is 0 Å². The summed E-state index contributed by atoms with van der Waals surface area (Å²) in [7, 11) is -4.09. The highest BCUT2D eigenvalue weighted by atomic mass is 35.5. The van der Waals surface area contributed by atoms with Crippen LogP contribution in [0.25, 0.3) is 0 Å². The fourth-order valence-corrected chi connectivity index (χ4v) is 7.71. The summed E-state index contributed by atoms with van der Waals surface area (Å²) < 4.78 is 9.69. The van der Waals surface area contributed by atoms with Gasteiger partial charge in [0.15, 0.2) is 0 Å². The van der Waals surface area contributed by atoms with Crippen molar-refractivity contribution in [2.45, 2.75) is 137 Å². The van der Waals surface area contributed by atoms with Gasteiger partial charge in [-0.15, -0.1) is 0 Å². The molecule has 0 aliphatic carbocycles. The smallest absolute Gasteiger partial charge is 0.335 e. The van der Waals surface area contributed by atoms with Gasteiger partial charge in [0.1, 0.15) is 0 Å². The molecule has 8 heteroatoms. The molecule has 0 bridgehead atoms. The van der Waals surface area contributed by atoms with Gasteiger partial charge in [0.2, 0.25) is 0 Å². The van der Waals surface area contributed by atoms with Crippen molar-refractivity contribution in [1.29, 1.82) is 0 Å². The Morgan fingerprint density at radius 2 is 0.672 bits per heavy atom. The summed E-state index contributed by atoms with van der Waals surface area (Å²) >= 11 is 0. The number of halogens is 1. The summed E-state index contributed by atoms with van der Waals surface area (Å²) in [5.41, 5.74) is 4.45. The van der Waals surface area contributed by atoms with E-state index >= 15 is 0 Å². The van der Waals surface area contributed by atoms with Crippen molar-refractivity contribution in [2.24, 2.45) is 0 Å². The summed E-state index contributed by atoms with van der Waals surface area (Å²) in [6, 6.07) is 60.7. The number of carboxylic acid groups (broad SMARTS) is 1. The zero-order chi connectivity index (χ0) is 44.8. The minimum atomic E-state index is -3.65. The van der Waals surface area contributed by atoms with Gasteiger partial charge < -0.3 is 27.3 Å². The molecule has 6 aromatic rings. The van der Waals surface area contributed by atoms with Crippen LogP contribution in [0, 0.1) is 6.92 Å². The largest absolute Gasteiger partial charge is 1.00 e. The first-order chi connectivity index (χ1) is 28.8. The van der Waals surface area contributed by atoms with Gasteiger partial charge in [0, 0.05) is 6.16 Å². The molecule has 0 radical (unpaired) electrons. The zero-order valence-corrected chi connectivity index (χ0v) is 40.0. The van der Waals surface area contributed by atoms with Crippen LogP contribution >= 0.6 is 15.5 Å². The highest BCUT2D eigenvalue weighted by Gasteiger charge is 2.15. The molecule has 0 aliphatic heterocycles. The third kappa shape index (κ3) is 32.0. The lowest BCUT2D eigenvalue weighted by molar-refractivity contribution is -0.0000349. The van der Waals surface area contributed by atoms with Gasteiger partial charge in [-0.2, -0.15) is 0 Å². The van der Waals surface area contributed by atoms with Crippen LogP contribution in [-0.2, 0) is 4.57 Å². The molecule has 3 unspecified atom stereocenters. The van der Waals surface area contributed by atoms with Crippen molar-refractivity contribution >= 4 is 37.4 Å². The Hall–Kier alpha value is -4.47. The zero-order valence-electron chi connectivity index (χ0n) is 37.4. The van der Waals surface area contributed by atoms with E-state index in [9.17, 15) is 9.36 Å². The molecule has 3 N–H and O–H groups in total. The SMILES string of the molecule is C.C.C.C.C.C.CCC(C)c1ccc(C(=O)O)cc1.CCC(C)c1ccccc1.CCC(C)c1ccccc1.CCP(=O)(O)O.[CH2+]C.[Cl-].c1ccc(P(c2ccccc2)c2ccccc2)cc1. The molecule has 6 aromatic carbocycles. The first-order valence-electron chi connectivity index (χ1n) is 21.0. The van der Waals surface area contributed by atoms with E-state index in [1.165, 1.54) is 52.4 Å². The first kappa shape index (κ1) is 76.8. The molecule has 6 rings (SSSR count). The quantitative estimate of drug-likeness (QED) is 0.0888. The van der Waals surface area contributed by atoms with Crippen LogP contribution in [0.1, 0.15) is 164 Å². The number of hydrogen-bond acceptors (Lipinski definition) is 2. The molecule has 5 nitrogen and oxygen atoms in total. The van der Waals surface area contributed by atoms with Gasteiger partial charge in [-0.3, -0.25) is 4.57 Å². The molecule has 0 amide bonds. The lowest BCUT2D eigenvalue weighted by Gasteiger charge is -2.18. The van der Waals surface area contributed by atoms with E-state index in [0.717, 1.165) is 6.42 Å². The monoisotopic (exact) mass is 979 g/mol. The number of benzene rings is 6. The molecule has 376 valence electrons. The van der Waals surface area contributed by atoms with Gasteiger partial charge in [-0.1, -0.05) is 257 Å². The summed E-state index contributed by atoms with van der Waals surface area (Å²) in [4.78, 5) is 26.4. The molecular formula is C59H93ClO5P2. The summed E-state index contributed by atoms with van der Waals surface area (Å²) in [5.74, 6) is 1.06. The lowest BCUT2D eigenvalue weighted by atomic mass is 9.98. The fourth-order valence-electron chi connectivity index (χ4n) is 5.40. The number of carboxylic acids is 1. The molecule has 0 aromatic heterocycles. The molecule has 0 aliphatic rings. The molecule has 67 heavy (non-hydrogen) atoms. The molecular weight excluding hydrogens is 886 g/mol. The number of aromatic carboxylic acids is 1. The average molecular weight is 980 g/mol. The van der Waals surface area contributed by atoms with Crippen LogP contribution < -0.4 is 28.3 Å². The second-order valence-electron chi connectivity index (χ2n) is 14.0. The predicted octanol–water partition coefficient (Wildman–Crippen LogP) is 14.6. The standard InChI is InChI=1S/C18H15P.C11H14O2.2C10H14.C2H7O3P.C2H5.6CH4.ClH/c1-4-10-16(11-5-1)19(17-12-6-2-7-13-17)18-14-8-3-9-15-18;1-3-8(2)9-4-6-10(7-5-9)11(12)13;2*1-3-9(2)10-7-5-4-6-8-10;1-2-6(3,4)5;1-2;;;;;;;/h1-15H;4-8H,3H2,1-2H3,(H,12,13);2*4-9H,3H2,1-2H3;2H2,1H3,(H2,3,4,5);1H2,2H3;6*1H4;1H/q;;;;;+1;;;;;;;/p-1.